The van der Waals surface area contributed by atoms with Gasteiger partial charge in [-0.25, -0.2) is 0 Å². The molecule has 0 saturated carbocycles. The number of hydrogen-bond donors (Lipinski definition) is 1. The van der Waals surface area contributed by atoms with Gasteiger partial charge in [-0.3, -0.25) is 4.79 Å². The van der Waals surface area contributed by atoms with E-state index in [2.05, 4.69) is 12.6 Å². The summed E-state index contributed by atoms with van der Waals surface area (Å²) in [5, 5.41) is 0.474. The molecule has 0 saturated heterocycles. The Balaban J connectivity index is 2.86. The maximum atomic E-state index is 11.5. The van der Waals surface area contributed by atoms with Crippen LogP contribution >= 0.6 is 24.2 Å². The molecule has 15 heavy (non-hydrogen) atoms. The van der Waals surface area contributed by atoms with Gasteiger partial charge in [0, 0.05) is 12.0 Å². The van der Waals surface area contributed by atoms with Crippen molar-refractivity contribution < 1.29 is 9.53 Å². The van der Waals surface area contributed by atoms with E-state index >= 15 is 0 Å². The number of carbonyl (C=O) groups is 1. The van der Waals surface area contributed by atoms with Crippen LogP contribution < -0.4 is 4.74 Å². The van der Waals surface area contributed by atoms with Gasteiger partial charge in [-0.15, -0.1) is 0 Å². The van der Waals surface area contributed by atoms with E-state index in [0.717, 1.165) is 0 Å². The van der Waals surface area contributed by atoms with Crippen LogP contribution in [-0.4, -0.2) is 18.1 Å². The summed E-state index contributed by atoms with van der Waals surface area (Å²) in [7, 11) is 0. The van der Waals surface area contributed by atoms with E-state index in [1.54, 1.807) is 18.2 Å². The van der Waals surface area contributed by atoms with E-state index in [0.29, 0.717) is 35.1 Å². The molecule has 0 N–H and O–H groups in total. The lowest BCUT2D eigenvalue weighted by atomic mass is 10.1. The predicted octanol–water partition coefficient (Wildman–Crippen LogP) is 3.24. The molecule has 0 heterocycles. The number of ether oxygens (including phenoxy) is 1. The second-order valence-electron chi connectivity index (χ2n) is 2.97. The number of thiol groups is 1. The molecule has 4 heteroatoms. The summed E-state index contributed by atoms with van der Waals surface area (Å²) in [5.41, 5.74) is 0.609. The van der Waals surface area contributed by atoms with Gasteiger partial charge in [0.1, 0.15) is 5.75 Å². The van der Waals surface area contributed by atoms with E-state index < -0.39 is 0 Å². The molecule has 0 radical (unpaired) electrons. The molecule has 1 rings (SSSR count). The molecule has 82 valence electrons. The van der Waals surface area contributed by atoms with Crippen molar-refractivity contribution in [3.63, 3.8) is 0 Å². The number of hydrogen-bond acceptors (Lipinski definition) is 3. The van der Waals surface area contributed by atoms with Gasteiger partial charge in [0.15, 0.2) is 5.78 Å². The summed E-state index contributed by atoms with van der Waals surface area (Å²) < 4.78 is 5.27. The second-order valence-corrected chi connectivity index (χ2v) is 3.83. The third-order valence-electron chi connectivity index (χ3n) is 1.89. The number of benzene rings is 1. The topological polar surface area (TPSA) is 26.3 Å². The molecule has 0 spiro atoms. The quantitative estimate of drug-likeness (QED) is 0.636. The molecular weight excluding hydrogens is 232 g/mol. The van der Waals surface area contributed by atoms with Crippen molar-refractivity contribution in [2.45, 2.75) is 13.3 Å². The zero-order chi connectivity index (χ0) is 11.3. The number of ketones is 1. The molecule has 0 aliphatic rings. The summed E-state index contributed by atoms with van der Waals surface area (Å²) in [6, 6.07) is 5.08. The minimum atomic E-state index is 0.0509. The molecule has 0 amide bonds. The molecule has 0 aliphatic heterocycles. The Morgan fingerprint density at radius 3 is 2.80 bits per heavy atom. The van der Waals surface area contributed by atoms with E-state index in [1.165, 1.54) is 0 Å². The van der Waals surface area contributed by atoms with E-state index in [4.69, 9.17) is 16.3 Å². The van der Waals surface area contributed by atoms with Crippen molar-refractivity contribution in [1.29, 1.82) is 0 Å². The highest BCUT2D eigenvalue weighted by Gasteiger charge is 2.08. The Morgan fingerprint density at radius 2 is 2.27 bits per heavy atom. The van der Waals surface area contributed by atoms with Gasteiger partial charge in [-0.1, -0.05) is 11.6 Å². The Kier molecular flexibility index (Phi) is 4.99. The zero-order valence-corrected chi connectivity index (χ0v) is 10.1. The lowest BCUT2D eigenvalue weighted by molar-refractivity contribution is 0.0989. The fourth-order valence-corrected chi connectivity index (χ4v) is 1.63. The van der Waals surface area contributed by atoms with Crippen molar-refractivity contribution in [2.75, 3.05) is 12.4 Å². The van der Waals surface area contributed by atoms with E-state index in [9.17, 15) is 4.79 Å². The largest absolute Gasteiger partial charge is 0.492 e. The number of halogens is 1. The van der Waals surface area contributed by atoms with Crippen molar-refractivity contribution in [2.24, 2.45) is 0 Å². The third kappa shape index (κ3) is 3.43. The van der Waals surface area contributed by atoms with Crippen molar-refractivity contribution >= 4 is 30.0 Å². The van der Waals surface area contributed by atoms with Gasteiger partial charge in [0.05, 0.1) is 11.6 Å². The molecular formula is C11H13ClO2S. The third-order valence-corrected chi connectivity index (χ3v) is 2.41. The SMILES string of the molecule is CCOc1ccc(C(=O)CCS)cc1Cl. The van der Waals surface area contributed by atoms with Crippen LogP contribution in [0.1, 0.15) is 23.7 Å². The Morgan fingerprint density at radius 1 is 1.53 bits per heavy atom. The standard InChI is InChI=1S/C11H13ClO2S/c1-2-14-11-4-3-8(7-9(11)12)10(13)5-6-15/h3-4,7,15H,2,5-6H2,1H3. The predicted molar refractivity (Wildman–Crippen MR) is 65.4 cm³/mol. The summed E-state index contributed by atoms with van der Waals surface area (Å²) in [6.45, 7) is 2.44. The first-order chi connectivity index (χ1) is 7.19. The maximum absolute atomic E-state index is 11.5. The molecule has 0 aliphatic carbocycles. The average Bonchev–Trinajstić information content (AvgIpc) is 2.21. The first-order valence-corrected chi connectivity index (χ1v) is 5.76. The Hall–Kier alpha value is -0.670. The zero-order valence-electron chi connectivity index (χ0n) is 8.50. The minimum absolute atomic E-state index is 0.0509. The first-order valence-electron chi connectivity index (χ1n) is 4.75. The van der Waals surface area contributed by atoms with Gasteiger partial charge >= 0.3 is 0 Å². The molecule has 0 bridgehead atoms. The smallest absolute Gasteiger partial charge is 0.163 e. The molecule has 2 nitrogen and oxygen atoms in total. The van der Waals surface area contributed by atoms with Gasteiger partial charge in [0.25, 0.3) is 0 Å². The van der Waals surface area contributed by atoms with Gasteiger partial charge in [-0.2, -0.15) is 12.6 Å². The van der Waals surface area contributed by atoms with Gasteiger partial charge in [0.2, 0.25) is 0 Å². The van der Waals surface area contributed by atoms with Crippen LogP contribution in [0.3, 0.4) is 0 Å². The van der Waals surface area contributed by atoms with Crippen LogP contribution in [0.4, 0.5) is 0 Å². The minimum Gasteiger partial charge on any atom is -0.492 e. The second kappa shape index (κ2) is 6.03. The normalized spacial score (nSPS) is 10.1. The van der Waals surface area contributed by atoms with Gasteiger partial charge < -0.3 is 4.74 Å². The first kappa shape index (κ1) is 12.4. The van der Waals surface area contributed by atoms with E-state index in [1.807, 2.05) is 6.92 Å². The number of carbonyl (C=O) groups excluding carboxylic acids is 1. The summed E-state index contributed by atoms with van der Waals surface area (Å²) in [5.74, 6) is 1.21. The van der Waals surface area contributed by atoms with E-state index in [-0.39, 0.29) is 5.78 Å². The number of Topliss-reactive ketones (excluding diaryl/α,β-unsaturated/α-hetero) is 1. The summed E-state index contributed by atoms with van der Waals surface area (Å²) in [6.07, 6.45) is 0.424. The molecule has 1 aromatic rings. The van der Waals surface area contributed by atoms with Crippen LogP contribution in [0.5, 0.6) is 5.75 Å². The van der Waals surface area contributed by atoms with Gasteiger partial charge in [-0.05, 0) is 30.9 Å². The fraction of sp³-hybridized carbons (Fsp3) is 0.364. The molecule has 0 atom stereocenters. The molecule has 0 fully saturated rings. The lowest BCUT2D eigenvalue weighted by Gasteiger charge is -2.06. The number of rotatable bonds is 5. The summed E-state index contributed by atoms with van der Waals surface area (Å²) >= 11 is 9.97. The van der Waals surface area contributed by atoms with Crippen LogP contribution in [0.15, 0.2) is 18.2 Å². The van der Waals surface area contributed by atoms with Crippen LogP contribution in [0.25, 0.3) is 0 Å². The van der Waals surface area contributed by atoms with Crippen LogP contribution in [0, 0.1) is 0 Å². The fourth-order valence-electron chi connectivity index (χ4n) is 1.19. The van der Waals surface area contributed by atoms with Crippen LogP contribution in [-0.2, 0) is 0 Å². The van der Waals surface area contributed by atoms with Crippen molar-refractivity contribution in [3.05, 3.63) is 28.8 Å². The highest BCUT2D eigenvalue weighted by atomic mass is 35.5. The monoisotopic (exact) mass is 244 g/mol. The highest BCUT2D eigenvalue weighted by molar-refractivity contribution is 7.80. The Labute approximate surface area is 100.0 Å². The highest BCUT2D eigenvalue weighted by Crippen LogP contribution is 2.25. The van der Waals surface area contributed by atoms with Crippen LogP contribution in [0.2, 0.25) is 5.02 Å². The average molecular weight is 245 g/mol. The van der Waals surface area contributed by atoms with Crippen molar-refractivity contribution in [3.8, 4) is 5.75 Å². The molecule has 1 aromatic carbocycles. The maximum Gasteiger partial charge on any atom is 0.163 e. The molecule has 0 unspecified atom stereocenters. The lowest BCUT2D eigenvalue weighted by Crippen LogP contribution is -2.00. The van der Waals surface area contributed by atoms with Crippen molar-refractivity contribution in [1.82, 2.24) is 0 Å². The Bertz CT molecular complexity index is 352. The summed E-state index contributed by atoms with van der Waals surface area (Å²) in [4.78, 5) is 11.5. The molecule has 0 aromatic heterocycles.